The van der Waals surface area contributed by atoms with Gasteiger partial charge in [0.25, 0.3) is 0 Å². The Kier molecular flexibility index (Phi) is 3.59. The highest BCUT2D eigenvalue weighted by molar-refractivity contribution is 5.86. The molecule has 3 nitrogen and oxygen atoms in total. The molecular weight excluding hydrogens is 212 g/mol. The first kappa shape index (κ1) is 11.9. The lowest BCUT2D eigenvalue weighted by Crippen LogP contribution is -2.06. The largest absolute Gasteiger partial charge is 0.497 e. The van der Waals surface area contributed by atoms with Gasteiger partial charge in [0.1, 0.15) is 5.75 Å². The summed E-state index contributed by atoms with van der Waals surface area (Å²) in [6.07, 6.45) is 2.81. The van der Waals surface area contributed by atoms with E-state index in [0.717, 1.165) is 23.3 Å². The van der Waals surface area contributed by atoms with Gasteiger partial charge in [-0.15, -0.1) is 0 Å². The number of fused-ring (bicyclic) bond motifs is 1. The SMILES string of the molecule is COc1ccc2ccnc(C(C)CCN)c2c1. The molecule has 0 aliphatic rings. The quantitative estimate of drug-likeness (QED) is 0.878. The number of ether oxygens (including phenoxy) is 1. The fourth-order valence-electron chi connectivity index (χ4n) is 2.08. The first-order chi connectivity index (χ1) is 8.26. The van der Waals surface area contributed by atoms with E-state index < -0.39 is 0 Å². The topological polar surface area (TPSA) is 48.1 Å². The van der Waals surface area contributed by atoms with Crippen LogP contribution in [0.15, 0.2) is 30.5 Å². The van der Waals surface area contributed by atoms with Crippen LogP contribution in [0.25, 0.3) is 10.8 Å². The van der Waals surface area contributed by atoms with Crippen LogP contribution in [0, 0.1) is 0 Å². The lowest BCUT2D eigenvalue weighted by Gasteiger charge is -2.13. The first-order valence-corrected chi connectivity index (χ1v) is 5.89. The third-order valence-corrected chi connectivity index (χ3v) is 3.07. The van der Waals surface area contributed by atoms with Crippen molar-refractivity contribution in [3.63, 3.8) is 0 Å². The summed E-state index contributed by atoms with van der Waals surface area (Å²) in [7, 11) is 1.68. The number of nitrogens with zero attached hydrogens (tertiary/aromatic N) is 1. The zero-order chi connectivity index (χ0) is 12.3. The van der Waals surface area contributed by atoms with Crippen molar-refractivity contribution < 1.29 is 4.74 Å². The summed E-state index contributed by atoms with van der Waals surface area (Å²) >= 11 is 0. The van der Waals surface area contributed by atoms with E-state index in [9.17, 15) is 0 Å². The number of pyridine rings is 1. The van der Waals surface area contributed by atoms with E-state index in [4.69, 9.17) is 10.5 Å². The Bertz CT molecular complexity index is 511. The Morgan fingerprint density at radius 2 is 2.18 bits per heavy atom. The Labute approximate surface area is 102 Å². The maximum absolute atomic E-state index is 5.61. The molecule has 90 valence electrons. The molecule has 2 rings (SSSR count). The second-order valence-electron chi connectivity index (χ2n) is 4.26. The van der Waals surface area contributed by atoms with Gasteiger partial charge in [-0.05, 0) is 36.6 Å². The van der Waals surface area contributed by atoms with E-state index in [1.54, 1.807) is 7.11 Å². The van der Waals surface area contributed by atoms with E-state index in [0.29, 0.717) is 12.5 Å². The lowest BCUT2D eigenvalue weighted by atomic mass is 9.98. The van der Waals surface area contributed by atoms with Gasteiger partial charge in [0, 0.05) is 17.5 Å². The molecule has 1 atom stereocenters. The van der Waals surface area contributed by atoms with Gasteiger partial charge in [0.15, 0.2) is 0 Å². The zero-order valence-electron chi connectivity index (χ0n) is 10.3. The standard InChI is InChI=1S/C14H18N2O/c1-10(5-7-15)14-13-9-12(17-2)4-3-11(13)6-8-16-14/h3-4,6,8-10H,5,7,15H2,1-2H3. The molecule has 0 aliphatic carbocycles. The van der Waals surface area contributed by atoms with Crippen molar-refractivity contribution >= 4 is 10.8 Å². The van der Waals surface area contributed by atoms with Crippen molar-refractivity contribution in [2.45, 2.75) is 19.3 Å². The van der Waals surface area contributed by atoms with E-state index in [1.165, 1.54) is 5.39 Å². The minimum absolute atomic E-state index is 0.371. The number of methoxy groups -OCH3 is 1. The third-order valence-electron chi connectivity index (χ3n) is 3.07. The second-order valence-corrected chi connectivity index (χ2v) is 4.26. The molecule has 0 saturated carbocycles. The minimum Gasteiger partial charge on any atom is -0.497 e. The maximum Gasteiger partial charge on any atom is 0.119 e. The van der Waals surface area contributed by atoms with E-state index >= 15 is 0 Å². The van der Waals surface area contributed by atoms with Gasteiger partial charge in [0.05, 0.1) is 12.8 Å². The normalized spacial score (nSPS) is 12.6. The van der Waals surface area contributed by atoms with Crippen molar-refractivity contribution in [2.75, 3.05) is 13.7 Å². The van der Waals surface area contributed by atoms with Gasteiger partial charge in [-0.1, -0.05) is 13.0 Å². The molecule has 0 radical (unpaired) electrons. The Morgan fingerprint density at radius 1 is 1.35 bits per heavy atom. The molecule has 2 aromatic rings. The zero-order valence-corrected chi connectivity index (χ0v) is 10.3. The average molecular weight is 230 g/mol. The number of rotatable bonds is 4. The molecule has 3 heteroatoms. The lowest BCUT2D eigenvalue weighted by molar-refractivity contribution is 0.415. The van der Waals surface area contributed by atoms with Crippen LogP contribution in [0.2, 0.25) is 0 Å². The molecule has 17 heavy (non-hydrogen) atoms. The van der Waals surface area contributed by atoms with E-state index in [2.05, 4.69) is 18.0 Å². The van der Waals surface area contributed by atoms with Gasteiger partial charge in [-0.25, -0.2) is 0 Å². The van der Waals surface area contributed by atoms with Crippen LogP contribution in [0.1, 0.15) is 25.0 Å². The predicted octanol–water partition coefficient (Wildman–Crippen LogP) is 2.70. The third kappa shape index (κ3) is 2.39. The molecule has 2 N–H and O–H groups in total. The van der Waals surface area contributed by atoms with Crippen LogP contribution < -0.4 is 10.5 Å². The molecule has 0 fully saturated rings. The highest BCUT2D eigenvalue weighted by Crippen LogP contribution is 2.28. The summed E-state index contributed by atoms with van der Waals surface area (Å²) in [5, 5.41) is 2.35. The smallest absolute Gasteiger partial charge is 0.119 e. The maximum atomic E-state index is 5.61. The Morgan fingerprint density at radius 3 is 2.88 bits per heavy atom. The molecule has 0 bridgehead atoms. The second kappa shape index (κ2) is 5.15. The monoisotopic (exact) mass is 230 g/mol. The molecule has 1 aromatic heterocycles. The molecule has 1 aromatic carbocycles. The van der Waals surface area contributed by atoms with Gasteiger partial charge >= 0.3 is 0 Å². The fourth-order valence-corrected chi connectivity index (χ4v) is 2.08. The molecule has 1 heterocycles. The van der Waals surface area contributed by atoms with Crippen molar-refractivity contribution in [1.29, 1.82) is 0 Å². The highest BCUT2D eigenvalue weighted by atomic mass is 16.5. The molecule has 1 unspecified atom stereocenters. The van der Waals surface area contributed by atoms with Crippen molar-refractivity contribution in [3.05, 3.63) is 36.2 Å². The molecule has 0 aliphatic heterocycles. The van der Waals surface area contributed by atoms with Crippen LogP contribution in [-0.4, -0.2) is 18.6 Å². The first-order valence-electron chi connectivity index (χ1n) is 5.89. The summed E-state index contributed by atoms with van der Waals surface area (Å²) in [4.78, 5) is 4.49. The Balaban J connectivity index is 2.54. The average Bonchev–Trinajstić information content (AvgIpc) is 2.37. The number of hydrogen-bond acceptors (Lipinski definition) is 3. The molecule has 0 amide bonds. The summed E-state index contributed by atoms with van der Waals surface area (Å²) in [6, 6.07) is 8.10. The van der Waals surface area contributed by atoms with Gasteiger partial charge in [-0.3, -0.25) is 4.98 Å². The summed E-state index contributed by atoms with van der Waals surface area (Å²) in [5.74, 6) is 1.24. The minimum atomic E-state index is 0.371. The van der Waals surface area contributed by atoms with Gasteiger partial charge in [0.2, 0.25) is 0 Å². The highest BCUT2D eigenvalue weighted by Gasteiger charge is 2.10. The molecule has 0 saturated heterocycles. The molecular formula is C14H18N2O. The molecule has 0 spiro atoms. The number of hydrogen-bond donors (Lipinski definition) is 1. The summed E-state index contributed by atoms with van der Waals surface area (Å²) in [6.45, 7) is 2.84. The van der Waals surface area contributed by atoms with Crippen LogP contribution in [0.5, 0.6) is 5.75 Å². The summed E-state index contributed by atoms with van der Waals surface area (Å²) in [5.41, 5.74) is 6.72. The van der Waals surface area contributed by atoms with Crippen LogP contribution in [-0.2, 0) is 0 Å². The van der Waals surface area contributed by atoms with Crippen molar-refractivity contribution in [3.8, 4) is 5.75 Å². The van der Waals surface area contributed by atoms with Crippen molar-refractivity contribution in [2.24, 2.45) is 5.73 Å². The van der Waals surface area contributed by atoms with Gasteiger partial charge < -0.3 is 10.5 Å². The van der Waals surface area contributed by atoms with E-state index in [1.807, 2.05) is 24.4 Å². The summed E-state index contributed by atoms with van der Waals surface area (Å²) < 4.78 is 5.26. The number of aromatic nitrogens is 1. The van der Waals surface area contributed by atoms with Crippen molar-refractivity contribution in [1.82, 2.24) is 4.98 Å². The van der Waals surface area contributed by atoms with Crippen LogP contribution in [0.3, 0.4) is 0 Å². The fraction of sp³-hybridized carbons (Fsp3) is 0.357. The number of benzene rings is 1. The Hall–Kier alpha value is -1.61. The van der Waals surface area contributed by atoms with Crippen LogP contribution >= 0.6 is 0 Å². The predicted molar refractivity (Wildman–Crippen MR) is 70.4 cm³/mol. The van der Waals surface area contributed by atoms with E-state index in [-0.39, 0.29) is 0 Å². The van der Waals surface area contributed by atoms with Crippen LogP contribution in [0.4, 0.5) is 0 Å². The van der Waals surface area contributed by atoms with Gasteiger partial charge in [-0.2, -0.15) is 0 Å². The number of nitrogens with two attached hydrogens (primary N) is 1.